The first-order valence-corrected chi connectivity index (χ1v) is 8.03. The molecular weight excluding hydrogens is 262 g/mol. The van der Waals surface area contributed by atoms with Gasteiger partial charge in [0.15, 0.2) is 0 Å². The quantitative estimate of drug-likeness (QED) is 0.772. The fraction of sp³-hybridized carbons (Fsp3) is 0.625. The Hall–Kier alpha value is -1.62. The normalized spacial score (nSPS) is 11.4. The first-order chi connectivity index (χ1) is 10.3. The molecule has 21 heavy (non-hydrogen) atoms. The van der Waals surface area contributed by atoms with Gasteiger partial charge in [0.05, 0.1) is 5.92 Å². The second-order valence-corrected chi connectivity index (χ2v) is 5.45. The van der Waals surface area contributed by atoms with Crippen LogP contribution in [-0.4, -0.2) is 25.6 Å². The molecular formula is C16H27N5. The molecule has 0 aromatic carbocycles. The maximum Gasteiger partial charge on any atom is 0.120 e. The summed E-state index contributed by atoms with van der Waals surface area (Å²) in [6, 6.07) is 0. The van der Waals surface area contributed by atoms with Crippen LogP contribution < -0.4 is 5.73 Å². The average Bonchev–Trinajstić information content (AvgIpc) is 3.14. The van der Waals surface area contributed by atoms with Crippen molar-refractivity contribution in [3.63, 3.8) is 0 Å². The number of hydrogen-bond acceptors (Lipinski definition) is 3. The number of unbranched alkanes of at least 4 members (excludes halogenated alkanes) is 2. The van der Waals surface area contributed by atoms with E-state index in [-0.39, 0.29) is 5.92 Å². The monoisotopic (exact) mass is 289 g/mol. The molecule has 0 saturated carbocycles. The first-order valence-electron chi connectivity index (χ1n) is 8.03. The lowest BCUT2D eigenvalue weighted by Crippen LogP contribution is -2.22. The van der Waals surface area contributed by atoms with Crippen LogP contribution in [0.3, 0.4) is 0 Å². The summed E-state index contributed by atoms with van der Waals surface area (Å²) in [4.78, 5) is 9.09. The standard InChI is InChI=1S/C16H27N5/c1-3-5-9-20-11-7-18-15(20)14(13-17)16-19-8-12-21(16)10-6-4-2/h7-8,11-12,14H,3-6,9-10,13,17H2,1-2H3. The predicted molar refractivity (Wildman–Crippen MR) is 85.2 cm³/mol. The van der Waals surface area contributed by atoms with Crippen LogP contribution in [0, 0.1) is 0 Å². The molecule has 0 amide bonds. The Labute approximate surface area is 127 Å². The van der Waals surface area contributed by atoms with Crippen molar-refractivity contribution in [2.75, 3.05) is 6.54 Å². The van der Waals surface area contributed by atoms with Crippen LogP contribution in [0.2, 0.25) is 0 Å². The highest BCUT2D eigenvalue weighted by molar-refractivity contribution is 5.15. The van der Waals surface area contributed by atoms with E-state index in [4.69, 9.17) is 5.73 Å². The van der Waals surface area contributed by atoms with Crippen LogP contribution in [0.25, 0.3) is 0 Å². The largest absolute Gasteiger partial charge is 0.334 e. The van der Waals surface area contributed by atoms with Crippen LogP contribution in [0.1, 0.15) is 57.1 Å². The fourth-order valence-corrected chi connectivity index (χ4v) is 2.62. The van der Waals surface area contributed by atoms with Crippen LogP contribution in [0.4, 0.5) is 0 Å². The second-order valence-electron chi connectivity index (χ2n) is 5.45. The van der Waals surface area contributed by atoms with E-state index in [2.05, 4.69) is 32.9 Å². The predicted octanol–water partition coefficient (Wildman–Crippen LogP) is 2.77. The Morgan fingerprint density at radius 2 is 1.43 bits per heavy atom. The van der Waals surface area contributed by atoms with Gasteiger partial charge in [0, 0.05) is 44.4 Å². The molecule has 0 spiro atoms. The van der Waals surface area contributed by atoms with Gasteiger partial charge < -0.3 is 14.9 Å². The van der Waals surface area contributed by atoms with E-state index in [1.165, 1.54) is 12.8 Å². The summed E-state index contributed by atoms with van der Waals surface area (Å²) in [6.45, 7) is 6.94. The van der Waals surface area contributed by atoms with Crippen molar-refractivity contribution in [1.29, 1.82) is 0 Å². The van der Waals surface area contributed by atoms with Gasteiger partial charge in [0.25, 0.3) is 0 Å². The van der Waals surface area contributed by atoms with Gasteiger partial charge in [-0.15, -0.1) is 0 Å². The van der Waals surface area contributed by atoms with E-state index in [0.29, 0.717) is 6.54 Å². The molecule has 0 fully saturated rings. The maximum atomic E-state index is 6.04. The Morgan fingerprint density at radius 3 is 1.81 bits per heavy atom. The second kappa shape index (κ2) is 7.98. The van der Waals surface area contributed by atoms with Crippen LogP contribution in [0.15, 0.2) is 24.8 Å². The lowest BCUT2D eigenvalue weighted by Gasteiger charge is -2.18. The van der Waals surface area contributed by atoms with E-state index < -0.39 is 0 Å². The molecule has 2 aromatic rings. The maximum absolute atomic E-state index is 6.04. The van der Waals surface area contributed by atoms with Gasteiger partial charge in [-0.05, 0) is 12.8 Å². The zero-order valence-corrected chi connectivity index (χ0v) is 13.2. The molecule has 2 aromatic heterocycles. The van der Waals surface area contributed by atoms with Crippen LogP contribution in [-0.2, 0) is 13.1 Å². The highest BCUT2D eigenvalue weighted by Gasteiger charge is 2.22. The summed E-state index contributed by atoms with van der Waals surface area (Å²) in [7, 11) is 0. The topological polar surface area (TPSA) is 61.7 Å². The molecule has 5 nitrogen and oxygen atoms in total. The van der Waals surface area contributed by atoms with Gasteiger partial charge in [0.2, 0.25) is 0 Å². The molecule has 0 aliphatic heterocycles. The van der Waals surface area contributed by atoms with Crippen molar-refractivity contribution in [3.05, 3.63) is 36.4 Å². The molecule has 0 saturated heterocycles. The number of rotatable bonds is 9. The minimum Gasteiger partial charge on any atom is -0.334 e. The average molecular weight is 289 g/mol. The first kappa shape index (κ1) is 15.8. The van der Waals surface area contributed by atoms with Gasteiger partial charge in [-0.25, -0.2) is 9.97 Å². The van der Waals surface area contributed by atoms with Gasteiger partial charge in [-0.3, -0.25) is 0 Å². The molecule has 0 aliphatic carbocycles. The summed E-state index contributed by atoms with van der Waals surface area (Å²) < 4.78 is 4.44. The highest BCUT2D eigenvalue weighted by Crippen LogP contribution is 2.22. The minimum atomic E-state index is 0.0729. The van der Waals surface area contributed by atoms with Gasteiger partial charge in [0.1, 0.15) is 11.6 Å². The summed E-state index contributed by atoms with van der Waals surface area (Å²) >= 11 is 0. The van der Waals surface area contributed by atoms with Crippen molar-refractivity contribution in [2.24, 2.45) is 5.73 Å². The van der Waals surface area contributed by atoms with Crippen molar-refractivity contribution >= 4 is 0 Å². The van der Waals surface area contributed by atoms with Crippen molar-refractivity contribution < 1.29 is 0 Å². The Morgan fingerprint density at radius 1 is 0.952 bits per heavy atom. The molecule has 5 heteroatoms. The van der Waals surface area contributed by atoms with Gasteiger partial charge >= 0.3 is 0 Å². The molecule has 0 unspecified atom stereocenters. The summed E-state index contributed by atoms with van der Waals surface area (Å²) in [6.07, 6.45) is 12.5. The Kier molecular flexibility index (Phi) is 5.99. The third-order valence-electron chi connectivity index (χ3n) is 3.86. The van der Waals surface area contributed by atoms with Crippen molar-refractivity contribution in [2.45, 2.75) is 58.5 Å². The summed E-state index contributed by atoms with van der Waals surface area (Å²) in [5.74, 6) is 2.15. The van der Waals surface area contributed by atoms with E-state index in [9.17, 15) is 0 Å². The SMILES string of the molecule is CCCCn1ccnc1C(CN)c1nccn1CCCC. The molecule has 2 rings (SSSR count). The van der Waals surface area contributed by atoms with E-state index in [1.54, 1.807) is 0 Å². The zero-order valence-electron chi connectivity index (χ0n) is 13.2. The van der Waals surface area contributed by atoms with E-state index >= 15 is 0 Å². The Balaban J connectivity index is 2.23. The molecule has 0 bridgehead atoms. The number of aryl methyl sites for hydroxylation is 2. The smallest absolute Gasteiger partial charge is 0.120 e. The third-order valence-corrected chi connectivity index (χ3v) is 3.86. The van der Waals surface area contributed by atoms with Crippen LogP contribution in [0.5, 0.6) is 0 Å². The van der Waals surface area contributed by atoms with Crippen LogP contribution >= 0.6 is 0 Å². The fourth-order valence-electron chi connectivity index (χ4n) is 2.62. The Bertz CT molecular complexity index is 482. The molecule has 116 valence electrons. The molecule has 0 radical (unpaired) electrons. The number of imidazole rings is 2. The van der Waals surface area contributed by atoms with Gasteiger partial charge in [-0.2, -0.15) is 0 Å². The van der Waals surface area contributed by atoms with E-state index in [0.717, 1.165) is 37.6 Å². The number of nitrogens with two attached hydrogens (primary N) is 1. The van der Waals surface area contributed by atoms with Gasteiger partial charge in [-0.1, -0.05) is 26.7 Å². The lowest BCUT2D eigenvalue weighted by molar-refractivity contribution is 0.540. The number of hydrogen-bond donors (Lipinski definition) is 1. The zero-order chi connectivity index (χ0) is 15.1. The lowest BCUT2D eigenvalue weighted by atomic mass is 10.1. The number of aromatic nitrogens is 4. The molecule has 0 atom stereocenters. The third kappa shape index (κ3) is 3.73. The number of nitrogens with zero attached hydrogens (tertiary/aromatic N) is 4. The molecule has 2 heterocycles. The van der Waals surface area contributed by atoms with E-state index in [1.807, 2.05) is 24.8 Å². The molecule has 0 aliphatic rings. The van der Waals surface area contributed by atoms with Crippen molar-refractivity contribution in [3.8, 4) is 0 Å². The summed E-state index contributed by atoms with van der Waals surface area (Å²) in [5.41, 5.74) is 6.04. The highest BCUT2D eigenvalue weighted by atomic mass is 15.1. The summed E-state index contributed by atoms with van der Waals surface area (Å²) in [5, 5.41) is 0. The minimum absolute atomic E-state index is 0.0729. The molecule has 2 N–H and O–H groups in total. The van der Waals surface area contributed by atoms with Crippen molar-refractivity contribution in [1.82, 2.24) is 19.1 Å².